The van der Waals surface area contributed by atoms with Gasteiger partial charge in [-0.3, -0.25) is 10.1 Å². The van der Waals surface area contributed by atoms with Gasteiger partial charge in [0.1, 0.15) is 47.0 Å². The normalized spacial score (nSPS) is 34.7. The molecule has 0 aliphatic carbocycles. The van der Waals surface area contributed by atoms with Crippen LogP contribution in [-0.2, 0) is 35.0 Å². The van der Waals surface area contributed by atoms with Crippen LogP contribution in [0.15, 0.2) is 35.9 Å². The van der Waals surface area contributed by atoms with Gasteiger partial charge in [-0.05, 0) is 44.9 Å². The first-order chi connectivity index (χ1) is 22.4. The van der Waals surface area contributed by atoms with Crippen molar-refractivity contribution >= 4 is 35.3 Å². The first-order valence-corrected chi connectivity index (χ1v) is 16.3. The number of carbonyl (C=O) groups is 3. The molecule has 1 aromatic rings. The summed E-state index contributed by atoms with van der Waals surface area (Å²) in [7, 11) is 6.11. The van der Waals surface area contributed by atoms with Crippen LogP contribution in [0, 0.1) is 5.92 Å². The number of methoxy groups -OCH3 is 2. The SMILES string of the molecule is COc1cc2cc(c1Cl)N(C)C(O)C[C@H](OC(=O)[C@H](C)N(C)C(C)=O)[C@]1(C)O[C@H]1[C@H](C)[C@@H]1C[C@@](O)(NC(=O)O1)[C@H](OC)/C=C/C=C(\C)C2. The zero-order valence-electron chi connectivity index (χ0n) is 29.0. The zero-order chi connectivity index (χ0) is 35.7. The van der Waals surface area contributed by atoms with Gasteiger partial charge in [-0.2, -0.15) is 0 Å². The maximum absolute atomic E-state index is 13.4. The minimum absolute atomic E-state index is 0.0260. The third-order valence-electron chi connectivity index (χ3n) is 9.78. The minimum atomic E-state index is -1.80. The minimum Gasteiger partial charge on any atom is -0.495 e. The predicted octanol–water partition coefficient (Wildman–Crippen LogP) is 3.33. The van der Waals surface area contributed by atoms with E-state index in [1.807, 2.05) is 32.1 Å². The van der Waals surface area contributed by atoms with Crippen LogP contribution in [0.4, 0.5) is 10.5 Å². The van der Waals surface area contributed by atoms with Gasteiger partial charge in [0.05, 0.1) is 18.9 Å². The van der Waals surface area contributed by atoms with E-state index in [9.17, 15) is 24.6 Å². The van der Waals surface area contributed by atoms with Crippen molar-refractivity contribution < 1.29 is 48.3 Å². The van der Waals surface area contributed by atoms with Crippen molar-refractivity contribution in [3.63, 3.8) is 0 Å². The van der Waals surface area contributed by atoms with E-state index >= 15 is 0 Å². The highest BCUT2D eigenvalue weighted by Crippen LogP contribution is 2.49. The molecule has 0 saturated carbocycles. The molecule has 266 valence electrons. The van der Waals surface area contributed by atoms with Crippen molar-refractivity contribution in [1.82, 2.24) is 10.2 Å². The first-order valence-electron chi connectivity index (χ1n) is 15.9. The molecule has 3 N–H and O–H groups in total. The lowest BCUT2D eigenvalue weighted by molar-refractivity contribution is -0.162. The number of allylic oxidation sites excluding steroid dienone is 3. The largest absolute Gasteiger partial charge is 0.495 e. The summed E-state index contributed by atoms with van der Waals surface area (Å²) in [6.45, 7) is 8.40. The number of ether oxygens (including phenoxy) is 5. The first kappa shape index (κ1) is 37.5. The number of alkyl carbamates (subject to hydrolysis) is 1. The quantitative estimate of drug-likeness (QED) is 0.307. The smallest absolute Gasteiger partial charge is 0.409 e. The average Bonchev–Trinajstić information content (AvgIpc) is 3.73. The van der Waals surface area contributed by atoms with Crippen molar-refractivity contribution in [1.29, 1.82) is 0 Å². The number of anilines is 1. The van der Waals surface area contributed by atoms with Gasteiger partial charge in [0, 0.05) is 46.9 Å². The van der Waals surface area contributed by atoms with Crippen LogP contribution in [0.25, 0.3) is 0 Å². The van der Waals surface area contributed by atoms with Crippen LogP contribution in [0.1, 0.15) is 53.0 Å². The summed E-state index contributed by atoms with van der Waals surface area (Å²) >= 11 is 6.75. The lowest BCUT2D eigenvalue weighted by atomic mass is 9.83. The molecule has 14 heteroatoms. The highest BCUT2D eigenvalue weighted by atomic mass is 35.5. The summed E-state index contributed by atoms with van der Waals surface area (Å²) in [6, 6.07) is 2.75. The van der Waals surface area contributed by atoms with Crippen molar-refractivity contribution in [3.05, 3.63) is 46.5 Å². The van der Waals surface area contributed by atoms with Gasteiger partial charge in [-0.25, -0.2) is 9.59 Å². The van der Waals surface area contributed by atoms with E-state index in [0.717, 1.165) is 11.1 Å². The Morgan fingerprint density at radius 3 is 2.58 bits per heavy atom. The van der Waals surface area contributed by atoms with Gasteiger partial charge in [0.15, 0.2) is 5.72 Å². The fraction of sp³-hybridized carbons (Fsp3) is 0.618. The van der Waals surface area contributed by atoms with E-state index in [-0.39, 0.29) is 18.7 Å². The molecule has 48 heavy (non-hydrogen) atoms. The maximum Gasteiger partial charge on any atom is 0.409 e. The number of nitrogens with one attached hydrogen (secondary N) is 1. The molecule has 2 fully saturated rings. The molecule has 1 unspecified atom stereocenters. The summed E-state index contributed by atoms with van der Waals surface area (Å²) in [5.41, 5.74) is -0.633. The Morgan fingerprint density at radius 1 is 1.27 bits per heavy atom. The fourth-order valence-electron chi connectivity index (χ4n) is 6.41. The molecule has 0 radical (unpaired) electrons. The fourth-order valence-corrected chi connectivity index (χ4v) is 6.73. The van der Waals surface area contributed by atoms with Crippen molar-refractivity contribution in [2.24, 2.45) is 5.92 Å². The number of fused-ring (bicyclic) bond motifs is 5. The monoisotopic (exact) mass is 693 g/mol. The molecule has 3 aliphatic rings. The standard InChI is InChI=1S/C34H48ClN3O10/c1-18-11-10-12-26(45-9)34(43)17-25(46-32(42)36-34)19(2)30-33(5,48-30)27(47-31(41)20(3)37(6)21(4)39)16-28(40)38(7)23-14-22(13-18)15-24(44-8)29(23)35/h10-12,14-15,19-20,25-28,30,40,43H,13,16-17H2,1-9H3,(H,36,42)/b12-10+,18-11+/t19-,20+,25+,26-,27+,28?,30+,33+,34+/m1/s1. The van der Waals surface area contributed by atoms with Gasteiger partial charge in [0.25, 0.3) is 0 Å². The molecule has 9 atom stereocenters. The molecule has 2 saturated heterocycles. The Balaban J connectivity index is 1.79. The topological polar surface area (TPSA) is 160 Å². The summed E-state index contributed by atoms with van der Waals surface area (Å²) in [4.78, 5) is 41.0. The molecule has 3 heterocycles. The number of halogens is 1. The number of rotatable bonds is 5. The summed E-state index contributed by atoms with van der Waals surface area (Å²) < 4.78 is 29.1. The molecule has 4 rings (SSSR count). The third kappa shape index (κ3) is 7.76. The van der Waals surface area contributed by atoms with Crippen molar-refractivity contribution in [2.45, 2.75) is 102 Å². The number of nitrogens with zero attached hydrogens (tertiary/aromatic N) is 2. The van der Waals surface area contributed by atoms with Crippen LogP contribution < -0.4 is 15.0 Å². The molecule has 13 nitrogen and oxygen atoms in total. The van der Waals surface area contributed by atoms with E-state index in [2.05, 4.69) is 5.32 Å². The number of aliphatic hydroxyl groups excluding tert-OH is 1. The lowest BCUT2D eigenvalue weighted by Crippen LogP contribution is -2.63. The number of benzene rings is 1. The number of carbonyl (C=O) groups excluding carboxylic acids is 3. The molecular weight excluding hydrogens is 646 g/mol. The van der Waals surface area contributed by atoms with Crippen LogP contribution in [0.5, 0.6) is 5.75 Å². The second kappa shape index (κ2) is 14.6. The Bertz CT molecular complexity index is 1450. The molecule has 2 amide bonds. The number of hydrogen-bond acceptors (Lipinski definition) is 11. The molecule has 1 aromatic carbocycles. The summed E-state index contributed by atoms with van der Waals surface area (Å²) in [5, 5.41) is 26.1. The van der Waals surface area contributed by atoms with Gasteiger partial charge in [-0.15, -0.1) is 0 Å². The van der Waals surface area contributed by atoms with Gasteiger partial charge in [0.2, 0.25) is 5.91 Å². The second-order valence-electron chi connectivity index (χ2n) is 13.2. The second-order valence-corrected chi connectivity index (χ2v) is 13.6. The maximum atomic E-state index is 13.4. The Kier molecular flexibility index (Phi) is 11.4. The number of amides is 2. The van der Waals surface area contributed by atoms with E-state index in [4.69, 9.17) is 35.3 Å². The molecule has 4 bridgehead atoms. The van der Waals surface area contributed by atoms with E-state index in [1.165, 1.54) is 33.1 Å². The number of aliphatic hydroxyl groups is 2. The number of epoxide rings is 1. The summed E-state index contributed by atoms with van der Waals surface area (Å²) in [5.74, 6) is -1.08. The van der Waals surface area contributed by atoms with Gasteiger partial charge in [-0.1, -0.05) is 42.3 Å². The van der Waals surface area contributed by atoms with Crippen molar-refractivity contribution in [2.75, 3.05) is 33.2 Å². The Labute approximate surface area is 286 Å². The van der Waals surface area contributed by atoms with Gasteiger partial charge < -0.3 is 43.7 Å². The number of hydrogen-bond donors (Lipinski definition) is 3. The van der Waals surface area contributed by atoms with Crippen LogP contribution in [-0.4, -0.2) is 109 Å². The van der Waals surface area contributed by atoms with E-state index < -0.39 is 66.0 Å². The third-order valence-corrected chi connectivity index (χ3v) is 10.2. The molecule has 0 aromatic heterocycles. The highest BCUT2D eigenvalue weighted by molar-refractivity contribution is 6.34. The Hall–Kier alpha value is -3.36. The molecule has 3 aliphatic heterocycles. The van der Waals surface area contributed by atoms with Crippen LogP contribution >= 0.6 is 11.6 Å². The summed E-state index contributed by atoms with van der Waals surface area (Å²) in [6.07, 6.45) is 0.273. The molecular formula is C34H48ClN3O10. The average molecular weight is 694 g/mol. The molecule has 0 spiro atoms. The predicted molar refractivity (Wildman–Crippen MR) is 178 cm³/mol. The Morgan fingerprint density at radius 2 is 1.96 bits per heavy atom. The highest BCUT2D eigenvalue weighted by Gasteiger charge is 2.64. The van der Waals surface area contributed by atoms with Gasteiger partial charge >= 0.3 is 12.1 Å². The lowest BCUT2D eigenvalue weighted by Gasteiger charge is -2.42. The van der Waals surface area contributed by atoms with Crippen LogP contribution in [0.3, 0.4) is 0 Å². The number of likely N-dealkylation sites (N-methyl/N-ethyl adjacent to an activating group) is 1. The van der Waals surface area contributed by atoms with Crippen molar-refractivity contribution in [3.8, 4) is 5.75 Å². The van der Waals surface area contributed by atoms with Crippen LogP contribution in [0.2, 0.25) is 5.02 Å². The zero-order valence-corrected chi connectivity index (χ0v) is 29.7. The number of esters is 1. The van der Waals surface area contributed by atoms with E-state index in [1.54, 1.807) is 37.9 Å². The van der Waals surface area contributed by atoms with E-state index in [0.29, 0.717) is 22.9 Å².